The lowest BCUT2D eigenvalue weighted by atomic mass is 10.0. The predicted octanol–water partition coefficient (Wildman–Crippen LogP) is 5.96. The monoisotopic (exact) mass is 507 g/mol. The van der Waals surface area contributed by atoms with Crippen molar-refractivity contribution in [3.05, 3.63) is 12.3 Å². The van der Waals surface area contributed by atoms with Crippen molar-refractivity contribution < 1.29 is 32.8 Å². The third-order valence-corrected chi connectivity index (χ3v) is 6.75. The second kappa shape index (κ2) is 21.8. The topological polar surface area (TPSA) is 88.0 Å². The lowest BCUT2D eigenvalue weighted by molar-refractivity contribution is -0.870. The Bertz CT molecular complexity index is 524. The Hall–Kier alpha value is -0.430. The minimum absolute atomic E-state index is 0.0301. The average Bonchev–Trinajstić information content (AvgIpc) is 2.76. The number of likely N-dealkylation sites (N-methyl/N-ethyl adjacent to an activating group) is 1. The van der Waals surface area contributed by atoms with Crippen LogP contribution in [0.25, 0.3) is 0 Å². The summed E-state index contributed by atoms with van der Waals surface area (Å²) in [6.45, 7) is 2.32. The number of unbranched alkanes of at least 4 members (excludes halogenated alkanes) is 14. The SMILES string of the molecule is CCCCCCCCCCCCCCCC/C=C\OC[C@H](CO)OP(=O)([O-])OCC[N+](C)(C)C. The first kappa shape index (κ1) is 33.6. The molecule has 0 fully saturated rings. The first-order valence-corrected chi connectivity index (χ1v) is 15.0. The maximum atomic E-state index is 11.9. The van der Waals surface area contributed by atoms with Crippen LogP contribution in [0.4, 0.5) is 0 Å². The zero-order valence-corrected chi connectivity index (χ0v) is 23.4. The normalized spacial score (nSPS) is 15.0. The van der Waals surface area contributed by atoms with Crippen molar-refractivity contribution in [1.29, 1.82) is 0 Å². The molecule has 0 aromatic heterocycles. The zero-order valence-electron chi connectivity index (χ0n) is 22.5. The maximum absolute atomic E-state index is 11.9. The number of ether oxygens (including phenoxy) is 1. The summed E-state index contributed by atoms with van der Waals surface area (Å²) in [6, 6.07) is 0. The summed E-state index contributed by atoms with van der Waals surface area (Å²) in [5.74, 6) is 0. The Balaban J connectivity index is 3.60. The van der Waals surface area contributed by atoms with Crippen molar-refractivity contribution in [2.45, 2.75) is 109 Å². The second-order valence-electron chi connectivity index (χ2n) is 10.3. The van der Waals surface area contributed by atoms with Gasteiger partial charge in [0.25, 0.3) is 7.82 Å². The van der Waals surface area contributed by atoms with E-state index in [0.717, 1.165) is 12.8 Å². The van der Waals surface area contributed by atoms with E-state index in [1.54, 1.807) is 6.26 Å². The second-order valence-corrected chi connectivity index (χ2v) is 11.7. The first-order valence-electron chi connectivity index (χ1n) is 13.5. The molecule has 0 spiro atoms. The minimum Gasteiger partial charge on any atom is -0.756 e. The van der Waals surface area contributed by atoms with Gasteiger partial charge in [-0.05, 0) is 18.9 Å². The molecule has 0 heterocycles. The molecule has 0 aliphatic heterocycles. The van der Waals surface area contributed by atoms with Gasteiger partial charge in [-0.25, -0.2) is 0 Å². The van der Waals surface area contributed by atoms with Gasteiger partial charge in [-0.2, -0.15) is 0 Å². The van der Waals surface area contributed by atoms with E-state index in [1.807, 2.05) is 27.2 Å². The van der Waals surface area contributed by atoms with Gasteiger partial charge in [0.1, 0.15) is 25.9 Å². The molecular formula is C26H54NO6P. The lowest BCUT2D eigenvalue weighted by Gasteiger charge is -2.29. The van der Waals surface area contributed by atoms with Crippen molar-refractivity contribution in [2.75, 3.05) is 47.5 Å². The van der Waals surface area contributed by atoms with E-state index in [4.69, 9.17) is 13.8 Å². The molecule has 0 aromatic rings. The molecule has 0 aliphatic rings. The maximum Gasteiger partial charge on any atom is 0.268 e. The van der Waals surface area contributed by atoms with Crippen LogP contribution in [0, 0.1) is 0 Å². The molecule has 0 aliphatic carbocycles. The fourth-order valence-electron chi connectivity index (χ4n) is 3.51. The molecule has 2 atom stereocenters. The number of hydrogen-bond donors (Lipinski definition) is 1. The highest BCUT2D eigenvalue weighted by Gasteiger charge is 2.19. The summed E-state index contributed by atoms with van der Waals surface area (Å²) >= 11 is 0. The number of aliphatic hydroxyl groups excluding tert-OH is 1. The summed E-state index contributed by atoms with van der Waals surface area (Å²) in [5, 5.41) is 9.34. The Morgan fingerprint density at radius 3 is 1.85 bits per heavy atom. The van der Waals surface area contributed by atoms with Crippen molar-refractivity contribution in [3.8, 4) is 0 Å². The summed E-state index contributed by atoms with van der Waals surface area (Å²) in [4.78, 5) is 11.9. The van der Waals surface area contributed by atoms with E-state index in [1.165, 1.54) is 83.5 Å². The van der Waals surface area contributed by atoms with Crippen LogP contribution in [0.1, 0.15) is 103 Å². The summed E-state index contributed by atoms with van der Waals surface area (Å²) < 4.78 is 27.5. The Morgan fingerprint density at radius 2 is 1.38 bits per heavy atom. The largest absolute Gasteiger partial charge is 0.756 e. The summed E-state index contributed by atoms with van der Waals surface area (Å²) in [6.07, 6.45) is 22.2. The van der Waals surface area contributed by atoms with Gasteiger partial charge >= 0.3 is 0 Å². The molecule has 0 bridgehead atoms. The van der Waals surface area contributed by atoms with Gasteiger partial charge < -0.3 is 28.3 Å². The molecular weight excluding hydrogens is 453 g/mol. The molecule has 1 unspecified atom stereocenters. The average molecular weight is 508 g/mol. The molecule has 0 radical (unpaired) electrons. The Morgan fingerprint density at radius 1 is 0.882 bits per heavy atom. The molecule has 0 aromatic carbocycles. The van der Waals surface area contributed by atoms with Gasteiger partial charge in [0.05, 0.1) is 34.0 Å². The predicted molar refractivity (Wildman–Crippen MR) is 138 cm³/mol. The van der Waals surface area contributed by atoms with E-state index >= 15 is 0 Å². The molecule has 1 N–H and O–H groups in total. The quantitative estimate of drug-likeness (QED) is 0.0710. The van der Waals surface area contributed by atoms with Crippen LogP contribution in [0.3, 0.4) is 0 Å². The van der Waals surface area contributed by atoms with Crippen molar-refractivity contribution in [3.63, 3.8) is 0 Å². The molecule has 0 rings (SSSR count). The van der Waals surface area contributed by atoms with Crippen LogP contribution in [0.5, 0.6) is 0 Å². The number of hydrogen-bond acceptors (Lipinski definition) is 6. The van der Waals surface area contributed by atoms with Crippen molar-refractivity contribution in [2.24, 2.45) is 0 Å². The van der Waals surface area contributed by atoms with Gasteiger partial charge in [0, 0.05) is 0 Å². The molecule has 34 heavy (non-hydrogen) atoms. The highest BCUT2D eigenvalue weighted by Crippen LogP contribution is 2.39. The van der Waals surface area contributed by atoms with E-state index in [2.05, 4.69) is 6.92 Å². The van der Waals surface area contributed by atoms with Crippen LogP contribution in [0.2, 0.25) is 0 Å². The Labute approximate surface area is 210 Å². The van der Waals surface area contributed by atoms with Gasteiger partial charge in [0.15, 0.2) is 0 Å². The molecule has 8 heteroatoms. The third-order valence-electron chi connectivity index (χ3n) is 5.69. The van der Waals surface area contributed by atoms with Gasteiger partial charge in [-0.1, -0.05) is 90.4 Å². The van der Waals surface area contributed by atoms with E-state index in [9.17, 15) is 14.6 Å². The zero-order chi connectivity index (χ0) is 25.5. The van der Waals surface area contributed by atoms with Crippen molar-refractivity contribution in [1.82, 2.24) is 0 Å². The first-order chi connectivity index (χ1) is 16.2. The number of phosphoric acid groups is 1. The number of quaternary nitrogens is 1. The highest BCUT2D eigenvalue weighted by molar-refractivity contribution is 7.45. The molecule has 0 saturated heterocycles. The standard InChI is InChI=1S/C26H54NO6P/c1-5-6-7-8-9-10-11-12-13-14-15-16-17-18-19-20-22-31-25-26(24-28)33-34(29,30)32-23-21-27(2,3)4/h20,22,26,28H,5-19,21,23-25H2,1-4H3/b22-20-/t26-/m0/s1. The minimum atomic E-state index is -4.47. The van der Waals surface area contributed by atoms with Gasteiger partial charge in [-0.15, -0.1) is 0 Å². The summed E-state index contributed by atoms with van der Waals surface area (Å²) in [5.41, 5.74) is 0. The van der Waals surface area contributed by atoms with Gasteiger partial charge in [-0.3, -0.25) is 4.57 Å². The molecule has 7 nitrogen and oxygen atoms in total. The van der Waals surface area contributed by atoms with Crippen LogP contribution in [0.15, 0.2) is 12.3 Å². The number of rotatable bonds is 25. The molecule has 0 saturated carbocycles. The molecule has 204 valence electrons. The van der Waals surface area contributed by atoms with E-state index in [-0.39, 0.29) is 13.2 Å². The van der Waals surface area contributed by atoms with Crippen LogP contribution in [-0.4, -0.2) is 63.2 Å². The van der Waals surface area contributed by atoms with Crippen LogP contribution in [-0.2, 0) is 18.3 Å². The number of phosphoric ester groups is 1. The number of aliphatic hydroxyl groups is 1. The molecule has 0 amide bonds. The van der Waals surface area contributed by atoms with Crippen molar-refractivity contribution >= 4 is 7.82 Å². The smallest absolute Gasteiger partial charge is 0.268 e. The van der Waals surface area contributed by atoms with E-state index < -0.39 is 20.5 Å². The number of allylic oxidation sites excluding steroid dienone is 1. The third kappa shape index (κ3) is 24.7. The van der Waals surface area contributed by atoms with E-state index in [0.29, 0.717) is 11.0 Å². The van der Waals surface area contributed by atoms with Crippen LogP contribution < -0.4 is 4.89 Å². The fourth-order valence-corrected chi connectivity index (χ4v) is 4.37. The number of nitrogens with zero attached hydrogens (tertiary/aromatic N) is 1. The highest BCUT2D eigenvalue weighted by atomic mass is 31.2. The summed E-state index contributed by atoms with van der Waals surface area (Å²) in [7, 11) is 1.35. The van der Waals surface area contributed by atoms with Crippen LogP contribution >= 0.6 is 7.82 Å². The Kier molecular flexibility index (Phi) is 21.5. The fraction of sp³-hybridized carbons (Fsp3) is 0.923. The van der Waals surface area contributed by atoms with Gasteiger partial charge in [0.2, 0.25) is 0 Å². The lowest BCUT2D eigenvalue weighted by Crippen LogP contribution is -2.37.